The minimum absolute atomic E-state index is 0.693. The Hall–Kier alpha value is -7.14. The minimum Gasteiger partial charge on any atom is -0.455 e. The van der Waals surface area contributed by atoms with Crippen LogP contribution in [0.25, 0.3) is 109 Å². The lowest BCUT2D eigenvalue weighted by atomic mass is 9.93. The lowest BCUT2D eigenvalue weighted by molar-refractivity contribution is 0.670. The van der Waals surface area contributed by atoms with Crippen molar-refractivity contribution in [3.05, 3.63) is 194 Å². The Kier molecular flexibility index (Phi) is 7.68. The first kappa shape index (κ1) is 32.3. The summed E-state index contributed by atoms with van der Waals surface area (Å²) >= 11 is 1.86. The van der Waals surface area contributed by atoms with Gasteiger partial charge < -0.3 is 4.42 Å². The summed E-state index contributed by atoms with van der Waals surface area (Å²) in [6.07, 6.45) is 0. The van der Waals surface area contributed by atoms with Gasteiger partial charge in [-0.15, -0.1) is 11.3 Å². The predicted octanol–water partition coefficient (Wildman–Crippen LogP) is 14.7. The van der Waals surface area contributed by atoms with Gasteiger partial charge in [-0.05, 0) is 46.5 Å². The van der Waals surface area contributed by atoms with E-state index in [0.717, 1.165) is 66.7 Å². The summed E-state index contributed by atoms with van der Waals surface area (Å²) < 4.78 is 9.33. The van der Waals surface area contributed by atoms with Crippen LogP contribution in [0.4, 0.5) is 0 Å². The SMILES string of the molecule is c1ccc(-c2ccc(-c3nc(-c4ccccc4)cc(-c4ccc(-c5ccc(-c6cccc7c6sc6ccccc67)c6c5oc5ccccc56)cc4)n3)cc2)cc1. The number of aromatic nitrogens is 2. The normalized spacial score (nSPS) is 11.6. The topological polar surface area (TPSA) is 38.9 Å². The molecular formula is C52H32N2OS. The molecule has 0 amide bonds. The van der Waals surface area contributed by atoms with E-state index in [1.165, 1.54) is 36.9 Å². The van der Waals surface area contributed by atoms with Crippen LogP contribution in [0.1, 0.15) is 0 Å². The zero-order valence-corrected chi connectivity index (χ0v) is 31.0. The molecule has 0 saturated carbocycles. The van der Waals surface area contributed by atoms with Gasteiger partial charge in [0, 0.05) is 58.8 Å². The molecule has 0 fully saturated rings. The van der Waals surface area contributed by atoms with Crippen LogP contribution in [0.5, 0.6) is 0 Å². The summed E-state index contributed by atoms with van der Waals surface area (Å²) in [5.41, 5.74) is 13.5. The van der Waals surface area contributed by atoms with Gasteiger partial charge in [0.1, 0.15) is 11.2 Å². The predicted molar refractivity (Wildman–Crippen MR) is 235 cm³/mol. The molecule has 0 aliphatic heterocycles. The summed E-state index contributed by atoms with van der Waals surface area (Å²) in [6, 6.07) is 68.3. The zero-order chi connectivity index (χ0) is 37.0. The molecule has 11 rings (SSSR count). The van der Waals surface area contributed by atoms with Gasteiger partial charge in [-0.25, -0.2) is 9.97 Å². The molecule has 4 heteroatoms. The van der Waals surface area contributed by atoms with E-state index in [0.29, 0.717) is 5.82 Å². The van der Waals surface area contributed by atoms with E-state index in [4.69, 9.17) is 14.4 Å². The molecule has 0 radical (unpaired) electrons. The van der Waals surface area contributed by atoms with E-state index in [2.05, 4.69) is 164 Å². The van der Waals surface area contributed by atoms with Crippen LogP contribution in [0.15, 0.2) is 199 Å². The van der Waals surface area contributed by atoms with Crippen molar-refractivity contribution >= 4 is 53.4 Å². The molecule has 11 aromatic rings. The number of fused-ring (bicyclic) bond motifs is 6. The molecule has 0 N–H and O–H groups in total. The van der Waals surface area contributed by atoms with Crippen LogP contribution < -0.4 is 0 Å². The molecule has 0 unspecified atom stereocenters. The smallest absolute Gasteiger partial charge is 0.160 e. The van der Waals surface area contributed by atoms with Crippen LogP contribution >= 0.6 is 11.3 Å². The van der Waals surface area contributed by atoms with E-state index in [1.54, 1.807) is 0 Å². The second-order valence-electron chi connectivity index (χ2n) is 14.1. The Morgan fingerprint density at radius 3 is 1.70 bits per heavy atom. The molecular weight excluding hydrogens is 701 g/mol. The van der Waals surface area contributed by atoms with Gasteiger partial charge in [0.25, 0.3) is 0 Å². The average molecular weight is 733 g/mol. The summed E-state index contributed by atoms with van der Waals surface area (Å²) in [7, 11) is 0. The molecule has 0 bridgehead atoms. The second kappa shape index (κ2) is 13.3. The summed E-state index contributed by atoms with van der Waals surface area (Å²) in [5.74, 6) is 0.693. The fourth-order valence-corrected chi connectivity index (χ4v) is 9.21. The van der Waals surface area contributed by atoms with Crippen molar-refractivity contribution in [3.8, 4) is 67.3 Å². The van der Waals surface area contributed by atoms with E-state index in [-0.39, 0.29) is 0 Å². The summed E-state index contributed by atoms with van der Waals surface area (Å²) in [6.45, 7) is 0. The van der Waals surface area contributed by atoms with Crippen molar-refractivity contribution < 1.29 is 4.42 Å². The molecule has 0 saturated heterocycles. The highest BCUT2D eigenvalue weighted by atomic mass is 32.1. The Balaban J connectivity index is 1.02. The Labute approximate surface area is 327 Å². The Morgan fingerprint density at radius 1 is 0.375 bits per heavy atom. The Morgan fingerprint density at radius 2 is 0.929 bits per heavy atom. The second-order valence-corrected chi connectivity index (χ2v) is 15.1. The van der Waals surface area contributed by atoms with Gasteiger partial charge in [-0.3, -0.25) is 0 Å². The standard InChI is InChI=1S/C52H32N2OS/c1-3-12-33(13-4-1)34-22-28-38(29-23-34)52-53-45(36-14-5-2-6-15-36)32-46(54-52)37-26-24-35(25-27-37)39-30-31-41(49-44-17-7-9-20-47(44)55-50(39)49)43-19-11-18-42-40-16-8-10-21-48(40)56-51(42)43/h1-32H. The first-order chi connectivity index (χ1) is 27.7. The molecule has 3 aromatic heterocycles. The van der Waals surface area contributed by atoms with Gasteiger partial charge in [0.05, 0.1) is 11.4 Å². The number of para-hydroxylation sites is 1. The van der Waals surface area contributed by atoms with Crippen LogP contribution in [0, 0.1) is 0 Å². The average Bonchev–Trinajstić information content (AvgIpc) is 3.86. The highest BCUT2D eigenvalue weighted by Gasteiger charge is 2.20. The largest absolute Gasteiger partial charge is 0.455 e. The Bertz CT molecular complexity index is 3220. The van der Waals surface area contributed by atoms with Gasteiger partial charge in [0.2, 0.25) is 0 Å². The van der Waals surface area contributed by atoms with Crippen molar-refractivity contribution in [3.63, 3.8) is 0 Å². The zero-order valence-electron chi connectivity index (χ0n) is 30.2. The molecule has 0 aliphatic carbocycles. The molecule has 0 aliphatic rings. The van der Waals surface area contributed by atoms with Crippen LogP contribution in [0.3, 0.4) is 0 Å². The lowest BCUT2D eigenvalue weighted by Gasteiger charge is -2.12. The number of thiophene rings is 1. The number of furan rings is 1. The lowest BCUT2D eigenvalue weighted by Crippen LogP contribution is -1.96. The minimum atomic E-state index is 0.693. The molecule has 8 aromatic carbocycles. The first-order valence-corrected chi connectivity index (χ1v) is 19.6. The monoisotopic (exact) mass is 732 g/mol. The number of hydrogen-bond donors (Lipinski definition) is 0. The molecule has 3 nitrogen and oxygen atoms in total. The maximum atomic E-state index is 6.73. The highest BCUT2D eigenvalue weighted by Crippen LogP contribution is 2.46. The van der Waals surface area contributed by atoms with Crippen molar-refractivity contribution in [2.75, 3.05) is 0 Å². The van der Waals surface area contributed by atoms with Crippen molar-refractivity contribution in [1.29, 1.82) is 0 Å². The van der Waals surface area contributed by atoms with Gasteiger partial charge in [-0.2, -0.15) is 0 Å². The van der Waals surface area contributed by atoms with Crippen molar-refractivity contribution in [2.24, 2.45) is 0 Å². The van der Waals surface area contributed by atoms with Crippen LogP contribution in [-0.2, 0) is 0 Å². The van der Waals surface area contributed by atoms with Gasteiger partial charge in [-0.1, -0.05) is 170 Å². The van der Waals surface area contributed by atoms with Crippen molar-refractivity contribution in [2.45, 2.75) is 0 Å². The maximum Gasteiger partial charge on any atom is 0.160 e. The first-order valence-electron chi connectivity index (χ1n) is 18.8. The number of benzene rings is 8. The third-order valence-corrected chi connectivity index (χ3v) is 12.0. The van der Waals surface area contributed by atoms with Crippen molar-refractivity contribution in [1.82, 2.24) is 9.97 Å². The van der Waals surface area contributed by atoms with E-state index >= 15 is 0 Å². The van der Waals surface area contributed by atoms with E-state index < -0.39 is 0 Å². The molecule has 56 heavy (non-hydrogen) atoms. The van der Waals surface area contributed by atoms with E-state index in [1.807, 2.05) is 41.7 Å². The van der Waals surface area contributed by atoms with Crippen LogP contribution in [0.2, 0.25) is 0 Å². The van der Waals surface area contributed by atoms with E-state index in [9.17, 15) is 0 Å². The van der Waals surface area contributed by atoms with Crippen LogP contribution in [-0.4, -0.2) is 9.97 Å². The number of nitrogens with zero attached hydrogens (tertiary/aromatic N) is 2. The number of rotatable bonds is 6. The molecule has 262 valence electrons. The third-order valence-electron chi connectivity index (χ3n) is 10.8. The maximum absolute atomic E-state index is 6.73. The molecule has 0 atom stereocenters. The van der Waals surface area contributed by atoms with Gasteiger partial charge >= 0.3 is 0 Å². The molecule has 3 heterocycles. The number of hydrogen-bond acceptors (Lipinski definition) is 4. The summed E-state index contributed by atoms with van der Waals surface area (Å²) in [4.78, 5) is 10.2. The van der Waals surface area contributed by atoms with Gasteiger partial charge in [0.15, 0.2) is 5.82 Å². The summed E-state index contributed by atoms with van der Waals surface area (Å²) in [5, 5.41) is 4.84. The molecule has 0 spiro atoms. The quantitative estimate of drug-likeness (QED) is 0.171. The fraction of sp³-hybridized carbons (Fsp3) is 0. The highest BCUT2D eigenvalue weighted by molar-refractivity contribution is 7.26. The fourth-order valence-electron chi connectivity index (χ4n) is 7.98. The third kappa shape index (κ3) is 5.50.